The SMILES string of the molecule is CC#Cc1cccc(-n2nn[nH]c2=O)c1COc1ccn(S)n1. The Morgan fingerprint density at radius 2 is 2.26 bits per heavy atom. The first-order valence-electron chi connectivity index (χ1n) is 6.62. The van der Waals surface area contributed by atoms with Crippen LogP contribution in [0.3, 0.4) is 0 Å². The predicted molar refractivity (Wildman–Crippen MR) is 85.5 cm³/mol. The van der Waals surface area contributed by atoms with E-state index in [0.717, 1.165) is 10.2 Å². The van der Waals surface area contributed by atoms with Crippen molar-refractivity contribution in [2.45, 2.75) is 13.5 Å². The van der Waals surface area contributed by atoms with Crippen molar-refractivity contribution in [2.75, 3.05) is 0 Å². The maximum Gasteiger partial charge on any atom is 0.365 e. The normalized spacial score (nSPS) is 10.2. The van der Waals surface area contributed by atoms with Crippen molar-refractivity contribution in [2.24, 2.45) is 0 Å². The molecule has 0 aliphatic heterocycles. The average molecular weight is 328 g/mol. The second-order valence-electron chi connectivity index (χ2n) is 4.46. The minimum Gasteiger partial charge on any atom is -0.472 e. The summed E-state index contributed by atoms with van der Waals surface area (Å²) in [7, 11) is 0. The van der Waals surface area contributed by atoms with Crippen LogP contribution in [-0.4, -0.2) is 29.4 Å². The molecular formula is C14H12N6O2S. The molecular weight excluding hydrogens is 316 g/mol. The first-order chi connectivity index (χ1) is 11.2. The van der Waals surface area contributed by atoms with E-state index >= 15 is 0 Å². The van der Waals surface area contributed by atoms with Crippen molar-refractivity contribution in [3.05, 3.63) is 52.1 Å². The molecule has 0 aliphatic rings. The second kappa shape index (κ2) is 6.41. The lowest BCUT2D eigenvalue weighted by Crippen LogP contribution is -2.18. The lowest BCUT2D eigenvalue weighted by molar-refractivity contribution is 0.292. The van der Waals surface area contributed by atoms with Crippen molar-refractivity contribution >= 4 is 12.8 Å². The molecule has 23 heavy (non-hydrogen) atoms. The molecule has 0 saturated carbocycles. The topological polar surface area (TPSA) is 90.6 Å². The van der Waals surface area contributed by atoms with Gasteiger partial charge in [0.1, 0.15) is 6.61 Å². The van der Waals surface area contributed by atoms with Crippen LogP contribution in [-0.2, 0) is 6.61 Å². The van der Waals surface area contributed by atoms with E-state index in [1.54, 1.807) is 31.3 Å². The van der Waals surface area contributed by atoms with Gasteiger partial charge in [0.25, 0.3) is 0 Å². The van der Waals surface area contributed by atoms with Crippen LogP contribution in [0.5, 0.6) is 5.88 Å². The highest BCUT2D eigenvalue weighted by molar-refractivity contribution is 7.78. The summed E-state index contributed by atoms with van der Waals surface area (Å²) < 4.78 is 8.16. The molecule has 0 fully saturated rings. The number of rotatable bonds is 4. The highest BCUT2D eigenvalue weighted by atomic mass is 32.1. The van der Waals surface area contributed by atoms with Crippen molar-refractivity contribution < 1.29 is 4.74 Å². The Hall–Kier alpha value is -2.99. The third kappa shape index (κ3) is 3.12. The molecule has 0 radical (unpaired) electrons. The first-order valence-corrected chi connectivity index (χ1v) is 7.02. The lowest BCUT2D eigenvalue weighted by Gasteiger charge is -2.11. The van der Waals surface area contributed by atoms with Gasteiger partial charge in [-0.2, -0.15) is 4.68 Å². The number of hydrogen-bond acceptors (Lipinski definition) is 6. The zero-order chi connectivity index (χ0) is 16.2. The number of tetrazole rings is 1. The van der Waals surface area contributed by atoms with Gasteiger partial charge in [-0.3, -0.25) is 0 Å². The number of hydrogen-bond donors (Lipinski definition) is 2. The Kier molecular flexibility index (Phi) is 4.16. The molecule has 0 spiro atoms. The molecule has 8 nitrogen and oxygen atoms in total. The summed E-state index contributed by atoms with van der Waals surface area (Å²) in [5, 5.41) is 13.6. The molecule has 0 bridgehead atoms. The highest BCUT2D eigenvalue weighted by Gasteiger charge is 2.13. The number of H-pyrrole nitrogens is 1. The van der Waals surface area contributed by atoms with Crippen LogP contribution in [0.15, 0.2) is 35.3 Å². The van der Waals surface area contributed by atoms with E-state index in [0.29, 0.717) is 17.1 Å². The van der Waals surface area contributed by atoms with Crippen molar-refractivity contribution in [3.63, 3.8) is 0 Å². The number of aromatic nitrogens is 6. The van der Waals surface area contributed by atoms with Crippen LogP contribution in [0, 0.1) is 11.8 Å². The van der Waals surface area contributed by atoms with Crippen molar-refractivity contribution in [3.8, 4) is 23.4 Å². The third-order valence-corrected chi connectivity index (χ3v) is 3.25. The van der Waals surface area contributed by atoms with Gasteiger partial charge in [0, 0.05) is 23.4 Å². The number of nitrogens with zero attached hydrogens (tertiary/aromatic N) is 5. The summed E-state index contributed by atoms with van der Waals surface area (Å²) in [6.45, 7) is 1.91. The fourth-order valence-electron chi connectivity index (χ4n) is 2.05. The third-order valence-electron chi connectivity index (χ3n) is 3.03. The van der Waals surface area contributed by atoms with Crippen LogP contribution in [0.25, 0.3) is 5.69 Å². The van der Waals surface area contributed by atoms with Gasteiger partial charge in [0.2, 0.25) is 5.88 Å². The minimum absolute atomic E-state index is 0.171. The van der Waals surface area contributed by atoms with Gasteiger partial charge in [0.15, 0.2) is 0 Å². The average Bonchev–Trinajstić information content (AvgIpc) is 3.14. The summed E-state index contributed by atoms with van der Waals surface area (Å²) in [5.41, 5.74) is 1.57. The zero-order valence-corrected chi connectivity index (χ0v) is 13.0. The Bertz CT molecular complexity index is 946. The van der Waals surface area contributed by atoms with Gasteiger partial charge in [0.05, 0.1) is 5.69 Å². The highest BCUT2D eigenvalue weighted by Crippen LogP contribution is 2.19. The molecule has 9 heteroatoms. The van der Waals surface area contributed by atoms with E-state index in [2.05, 4.69) is 45.3 Å². The zero-order valence-electron chi connectivity index (χ0n) is 12.1. The first kappa shape index (κ1) is 14.9. The number of benzene rings is 1. The fourth-order valence-corrected chi connectivity index (χ4v) is 2.21. The maximum atomic E-state index is 11.8. The number of ether oxygens (including phenoxy) is 1. The van der Waals surface area contributed by atoms with Crippen LogP contribution >= 0.6 is 12.8 Å². The molecule has 0 amide bonds. The van der Waals surface area contributed by atoms with Crippen molar-refractivity contribution in [1.82, 2.24) is 29.4 Å². The number of nitrogens with one attached hydrogen (secondary N) is 1. The monoisotopic (exact) mass is 328 g/mol. The van der Waals surface area contributed by atoms with Crippen LogP contribution < -0.4 is 10.4 Å². The smallest absolute Gasteiger partial charge is 0.365 e. The van der Waals surface area contributed by atoms with E-state index in [1.165, 1.54) is 4.09 Å². The molecule has 3 rings (SSSR count). The van der Waals surface area contributed by atoms with Crippen LogP contribution in [0.4, 0.5) is 0 Å². The largest absolute Gasteiger partial charge is 0.472 e. The van der Waals surface area contributed by atoms with E-state index in [4.69, 9.17) is 4.74 Å². The van der Waals surface area contributed by atoms with Gasteiger partial charge >= 0.3 is 5.69 Å². The fraction of sp³-hybridized carbons (Fsp3) is 0.143. The lowest BCUT2D eigenvalue weighted by atomic mass is 10.1. The van der Waals surface area contributed by atoms with Gasteiger partial charge < -0.3 is 4.74 Å². The summed E-state index contributed by atoms with van der Waals surface area (Å²) in [6.07, 6.45) is 1.65. The van der Waals surface area contributed by atoms with Crippen molar-refractivity contribution in [1.29, 1.82) is 0 Å². The quantitative estimate of drug-likeness (QED) is 0.546. The maximum absolute atomic E-state index is 11.8. The molecule has 3 aromatic rings. The molecule has 0 saturated heterocycles. The standard InChI is InChI=1S/C14H12N6O2S/c1-2-4-10-5-3-6-12(20-14(21)15-17-18-20)11(10)9-22-13-7-8-19(23)16-13/h3,5-8,23H,9H2,1H3,(H,15,18,21). The van der Waals surface area contributed by atoms with E-state index in [9.17, 15) is 4.79 Å². The second-order valence-corrected chi connectivity index (χ2v) is 4.87. The number of aromatic amines is 1. The van der Waals surface area contributed by atoms with Crippen LogP contribution in [0.2, 0.25) is 0 Å². The molecule has 0 aliphatic carbocycles. The van der Waals surface area contributed by atoms with Gasteiger partial charge in [-0.25, -0.2) is 14.0 Å². The molecule has 2 heterocycles. The summed E-state index contributed by atoms with van der Waals surface area (Å²) in [4.78, 5) is 11.8. The summed E-state index contributed by atoms with van der Waals surface area (Å²) in [5.74, 6) is 6.25. The van der Waals surface area contributed by atoms with Crippen LogP contribution in [0.1, 0.15) is 18.1 Å². The Morgan fingerprint density at radius 3 is 2.91 bits per heavy atom. The predicted octanol–water partition coefficient (Wildman–Crippen LogP) is 0.795. The van der Waals surface area contributed by atoms with Gasteiger partial charge in [-0.15, -0.1) is 11.0 Å². The minimum atomic E-state index is -0.438. The summed E-state index contributed by atoms with van der Waals surface area (Å²) >= 11 is 4.06. The molecule has 0 unspecified atom stereocenters. The molecule has 0 atom stereocenters. The molecule has 1 N–H and O–H groups in total. The molecule has 116 valence electrons. The number of thiol groups is 1. The van der Waals surface area contributed by atoms with Gasteiger partial charge in [-0.1, -0.05) is 12.0 Å². The Morgan fingerprint density at radius 1 is 1.39 bits per heavy atom. The molecule has 1 aromatic carbocycles. The van der Waals surface area contributed by atoms with E-state index < -0.39 is 5.69 Å². The molecule has 2 aromatic heterocycles. The summed E-state index contributed by atoms with van der Waals surface area (Å²) in [6, 6.07) is 7.08. The van der Waals surface area contributed by atoms with E-state index in [1.807, 2.05) is 6.07 Å². The van der Waals surface area contributed by atoms with Gasteiger partial charge in [-0.05, 0) is 42.3 Å². The van der Waals surface area contributed by atoms with E-state index in [-0.39, 0.29) is 6.61 Å². The Balaban J connectivity index is 2.02. The Labute approximate surface area is 136 Å².